The first-order valence-electron chi connectivity index (χ1n) is 9.17. The molecule has 0 spiro atoms. The number of hydrogen-bond donors (Lipinski definition) is 2. The second-order valence-electron chi connectivity index (χ2n) is 7.02. The van der Waals surface area contributed by atoms with Crippen molar-refractivity contribution < 1.29 is 14.0 Å². The Bertz CT molecular complexity index is 851. The van der Waals surface area contributed by atoms with Crippen LogP contribution in [0.1, 0.15) is 36.2 Å². The number of benzene rings is 2. The number of nitrogens with one attached hydrogen (secondary N) is 2. The fraction of sp³-hybridized carbons (Fsp3) is 0.333. The van der Waals surface area contributed by atoms with E-state index >= 15 is 0 Å². The average Bonchev–Trinajstić information content (AvgIpc) is 2.61. The van der Waals surface area contributed by atoms with Gasteiger partial charge < -0.3 is 15.5 Å². The SMILES string of the molecule is CC(C)NC(=O)c1cccc2c1CCCN2CC(=O)Nc1cccc(F)c1. The van der Waals surface area contributed by atoms with Gasteiger partial charge in [-0.15, -0.1) is 0 Å². The monoisotopic (exact) mass is 369 g/mol. The fourth-order valence-electron chi connectivity index (χ4n) is 3.36. The quantitative estimate of drug-likeness (QED) is 0.850. The molecule has 0 radical (unpaired) electrons. The number of anilines is 2. The summed E-state index contributed by atoms with van der Waals surface area (Å²) >= 11 is 0. The van der Waals surface area contributed by atoms with E-state index in [4.69, 9.17) is 0 Å². The van der Waals surface area contributed by atoms with Gasteiger partial charge in [-0.1, -0.05) is 12.1 Å². The molecule has 142 valence electrons. The van der Waals surface area contributed by atoms with Crippen molar-refractivity contribution in [3.05, 3.63) is 59.4 Å². The van der Waals surface area contributed by atoms with Gasteiger partial charge in [0, 0.05) is 29.5 Å². The Morgan fingerprint density at radius 3 is 2.70 bits per heavy atom. The van der Waals surface area contributed by atoms with Gasteiger partial charge in [0.05, 0.1) is 6.54 Å². The summed E-state index contributed by atoms with van der Waals surface area (Å²) in [5.74, 6) is -0.699. The van der Waals surface area contributed by atoms with Crippen molar-refractivity contribution in [1.29, 1.82) is 0 Å². The van der Waals surface area contributed by atoms with Gasteiger partial charge in [-0.25, -0.2) is 4.39 Å². The van der Waals surface area contributed by atoms with Crippen LogP contribution in [0.25, 0.3) is 0 Å². The number of carbonyl (C=O) groups is 2. The second kappa shape index (κ2) is 8.20. The highest BCUT2D eigenvalue weighted by molar-refractivity contribution is 5.98. The van der Waals surface area contributed by atoms with Crippen LogP contribution >= 0.6 is 0 Å². The first-order chi connectivity index (χ1) is 12.9. The number of amides is 2. The Morgan fingerprint density at radius 1 is 1.19 bits per heavy atom. The first kappa shape index (κ1) is 18.9. The summed E-state index contributed by atoms with van der Waals surface area (Å²) in [5, 5.41) is 5.65. The molecule has 0 fully saturated rings. The third-order valence-corrected chi connectivity index (χ3v) is 4.45. The lowest BCUT2D eigenvalue weighted by Crippen LogP contribution is -2.38. The van der Waals surface area contributed by atoms with Crippen LogP contribution in [0.2, 0.25) is 0 Å². The van der Waals surface area contributed by atoms with E-state index in [0.29, 0.717) is 11.3 Å². The summed E-state index contributed by atoms with van der Waals surface area (Å²) in [5.41, 5.74) is 2.98. The van der Waals surface area contributed by atoms with Crippen molar-refractivity contribution in [2.75, 3.05) is 23.3 Å². The molecule has 27 heavy (non-hydrogen) atoms. The molecule has 1 heterocycles. The minimum absolute atomic E-state index is 0.0603. The molecular weight excluding hydrogens is 345 g/mol. The zero-order valence-electron chi connectivity index (χ0n) is 15.6. The molecular formula is C21H24FN3O2. The van der Waals surface area contributed by atoms with Crippen molar-refractivity contribution in [3.8, 4) is 0 Å². The highest BCUT2D eigenvalue weighted by atomic mass is 19.1. The maximum Gasteiger partial charge on any atom is 0.251 e. The summed E-state index contributed by atoms with van der Waals surface area (Å²) in [6.07, 6.45) is 1.67. The third kappa shape index (κ3) is 4.64. The van der Waals surface area contributed by atoms with Gasteiger partial charge in [0.1, 0.15) is 5.82 Å². The molecule has 2 aromatic carbocycles. The second-order valence-corrected chi connectivity index (χ2v) is 7.02. The van der Waals surface area contributed by atoms with Gasteiger partial charge in [0.25, 0.3) is 5.91 Å². The zero-order valence-corrected chi connectivity index (χ0v) is 15.6. The molecule has 6 heteroatoms. The molecule has 3 rings (SSSR count). The van der Waals surface area contributed by atoms with Crippen molar-refractivity contribution in [3.63, 3.8) is 0 Å². The third-order valence-electron chi connectivity index (χ3n) is 4.45. The highest BCUT2D eigenvalue weighted by Crippen LogP contribution is 2.30. The van der Waals surface area contributed by atoms with E-state index in [1.807, 2.05) is 36.9 Å². The Balaban J connectivity index is 1.76. The first-order valence-corrected chi connectivity index (χ1v) is 9.17. The van der Waals surface area contributed by atoms with Crippen molar-refractivity contribution in [1.82, 2.24) is 5.32 Å². The maximum atomic E-state index is 13.3. The molecule has 2 amide bonds. The molecule has 1 aliphatic heterocycles. The van der Waals surface area contributed by atoms with Gasteiger partial charge in [-0.3, -0.25) is 9.59 Å². The van der Waals surface area contributed by atoms with Gasteiger partial charge in [0.15, 0.2) is 0 Å². The molecule has 0 aliphatic carbocycles. The zero-order chi connectivity index (χ0) is 19.4. The predicted molar refractivity (Wildman–Crippen MR) is 105 cm³/mol. The molecule has 0 saturated heterocycles. The van der Waals surface area contributed by atoms with E-state index in [2.05, 4.69) is 10.6 Å². The molecule has 0 atom stereocenters. The van der Waals surface area contributed by atoms with Gasteiger partial charge in [0.2, 0.25) is 5.91 Å². The predicted octanol–water partition coefficient (Wildman–Crippen LogP) is 3.36. The standard InChI is InChI=1S/C21H24FN3O2/c1-14(2)23-21(27)18-8-4-10-19-17(18)9-5-11-25(19)13-20(26)24-16-7-3-6-15(22)12-16/h3-4,6-8,10,12,14H,5,9,11,13H2,1-2H3,(H,23,27)(H,24,26). The van der Waals surface area contributed by atoms with E-state index in [1.54, 1.807) is 12.1 Å². The van der Waals surface area contributed by atoms with Crippen LogP contribution in [0.4, 0.5) is 15.8 Å². The van der Waals surface area contributed by atoms with Gasteiger partial charge >= 0.3 is 0 Å². The summed E-state index contributed by atoms with van der Waals surface area (Å²) in [6.45, 7) is 4.74. The van der Waals surface area contributed by atoms with Crippen LogP contribution in [-0.2, 0) is 11.2 Å². The normalized spacial score (nSPS) is 13.3. The average molecular weight is 369 g/mol. The maximum absolute atomic E-state index is 13.3. The van der Waals surface area contributed by atoms with Crippen molar-refractivity contribution in [2.24, 2.45) is 0 Å². The summed E-state index contributed by atoms with van der Waals surface area (Å²) < 4.78 is 13.3. The number of hydrogen-bond acceptors (Lipinski definition) is 3. The van der Waals surface area contributed by atoms with Crippen LogP contribution in [0.5, 0.6) is 0 Å². The van der Waals surface area contributed by atoms with Crippen molar-refractivity contribution in [2.45, 2.75) is 32.7 Å². The van der Waals surface area contributed by atoms with Crippen LogP contribution < -0.4 is 15.5 Å². The van der Waals surface area contributed by atoms with Crippen LogP contribution in [0, 0.1) is 5.82 Å². The molecule has 2 aromatic rings. The van der Waals surface area contributed by atoms with Crippen LogP contribution in [-0.4, -0.2) is 30.9 Å². The Morgan fingerprint density at radius 2 is 1.96 bits per heavy atom. The minimum Gasteiger partial charge on any atom is -0.362 e. The number of nitrogens with zero attached hydrogens (tertiary/aromatic N) is 1. The highest BCUT2D eigenvalue weighted by Gasteiger charge is 2.23. The number of carbonyl (C=O) groups excluding carboxylic acids is 2. The Labute approximate surface area is 158 Å². The molecule has 2 N–H and O–H groups in total. The topological polar surface area (TPSA) is 61.4 Å². The fourth-order valence-corrected chi connectivity index (χ4v) is 3.36. The largest absolute Gasteiger partial charge is 0.362 e. The smallest absolute Gasteiger partial charge is 0.251 e. The van der Waals surface area contributed by atoms with E-state index in [9.17, 15) is 14.0 Å². The van der Waals surface area contributed by atoms with Crippen LogP contribution in [0.15, 0.2) is 42.5 Å². The van der Waals surface area contributed by atoms with Crippen LogP contribution in [0.3, 0.4) is 0 Å². The minimum atomic E-state index is -0.392. The molecule has 0 bridgehead atoms. The molecule has 0 saturated carbocycles. The molecule has 0 unspecified atom stereocenters. The number of fused-ring (bicyclic) bond motifs is 1. The summed E-state index contributed by atoms with van der Waals surface area (Å²) in [7, 11) is 0. The lowest BCUT2D eigenvalue weighted by molar-refractivity contribution is -0.115. The van der Waals surface area contributed by atoms with E-state index < -0.39 is 5.82 Å². The summed E-state index contributed by atoms with van der Waals surface area (Å²) in [6, 6.07) is 11.5. The van der Waals surface area contributed by atoms with Crippen molar-refractivity contribution >= 4 is 23.2 Å². The lowest BCUT2D eigenvalue weighted by Gasteiger charge is -2.32. The van der Waals surface area contributed by atoms with Gasteiger partial charge in [-0.05, 0) is 62.6 Å². The summed E-state index contributed by atoms with van der Waals surface area (Å²) in [4.78, 5) is 26.9. The van der Waals surface area contributed by atoms with E-state index in [1.165, 1.54) is 12.1 Å². The molecule has 1 aliphatic rings. The van der Waals surface area contributed by atoms with Gasteiger partial charge in [-0.2, -0.15) is 0 Å². The number of rotatable bonds is 5. The molecule has 5 nitrogen and oxygen atoms in total. The molecule has 0 aromatic heterocycles. The lowest BCUT2D eigenvalue weighted by atomic mass is 9.95. The van der Waals surface area contributed by atoms with E-state index in [-0.39, 0.29) is 24.4 Å². The number of halogens is 1. The Hall–Kier alpha value is -2.89. The van der Waals surface area contributed by atoms with E-state index in [0.717, 1.165) is 30.6 Å². The Kier molecular flexibility index (Phi) is 5.74.